The molecule has 3 nitrogen and oxygen atoms in total. The highest BCUT2D eigenvalue weighted by molar-refractivity contribution is 6.06. The third-order valence-corrected chi connectivity index (χ3v) is 14.6. The van der Waals surface area contributed by atoms with Crippen molar-refractivity contribution in [2.75, 3.05) is 14.7 Å². The topological polar surface area (TPSA) is 9.72 Å². The number of rotatable bonds is 8. The average Bonchev–Trinajstić information content (AvgIpc) is 3.42. The molecule has 11 aromatic carbocycles. The monoisotopic (exact) mass is 895 g/mol. The van der Waals surface area contributed by atoms with E-state index in [1.54, 1.807) is 0 Å². The number of hydrogen-bond donors (Lipinski definition) is 0. The van der Waals surface area contributed by atoms with Gasteiger partial charge in [-0.15, -0.1) is 0 Å². The fraction of sp³-hybridized carbons (Fsp3) is 0.0448. The molecular weight excluding hydrogens is 847 g/mol. The van der Waals surface area contributed by atoms with E-state index in [9.17, 15) is 0 Å². The summed E-state index contributed by atoms with van der Waals surface area (Å²) in [7, 11) is 0. The molecule has 0 aromatic heterocycles. The van der Waals surface area contributed by atoms with Crippen LogP contribution >= 0.6 is 0 Å². The van der Waals surface area contributed by atoms with Crippen LogP contribution in [0.4, 0.5) is 51.2 Å². The summed E-state index contributed by atoms with van der Waals surface area (Å²) in [5.41, 5.74) is 20.2. The molecular formula is C67H49N3. The zero-order valence-electron chi connectivity index (χ0n) is 39.2. The van der Waals surface area contributed by atoms with Gasteiger partial charge in [0.2, 0.25) is 0 Å². The van der Waals surface area contributed by atoms with Crippen LogP contribution in [0.5, 0.6) is 0 Å². The molecule has 0 N–H and O–H groups in total. The van der Waals surface area contributed by atoms with E-state index in [-0.39, 0.29) is 5.41 Å². The van der Waals surface area contributed by atoms with Crippen LogP contribution in [0.25, 0.3) is 49.4 Å². The predicted octanol–water partition coefficient (Wildman–Crippen LogP) is 18.8. The number of benzene rings is 11. The highest BCUT2D eigenvalue weighted by atomic mass is 15.2. The summed E-state index contributed by atoms with van der Waals surface area (Å²) < 4.78 is 0. The Morgan fingerprint density at radius 2 is 0.757 bits per heavy atom. The van der Waals surface area contributed by atoms with Gasteiger partial charge in [-0.3, -0.25) is 0 Å². The van der Waals surface area contributed by atoms with Crippen molar-refractivity contribution in [2.24, 2.45) is 0 Å². The van der Waals surface area contributed by atoms with Crippen LogP contribution in [0.1, 0.15) is 36.1 Å². The molecule has 11 aromatic rings. The molecule has 2 aliphatic heterocycles. The molecule has 2 heterocycles. The third-order valence-electron chi connectivity index (χ3n) is 14.6. The molecule has 0 bridgehead atoms. The summed E-state index contributed by atoms with van der Waals surface area (Å²) in [6.45, 7) is 9.79. The van der Waals surface area contributed by atoms with Gasteiger partial charge in [0.15, 0.2) is 0 Å². The van der Waals surface area contributed by atoms with Gasteiger partial charge < -0.3 is 14.7 Å². The lowest BCUT2D eigenvalue weighted by Crippen LogP contribution is -2.33. The lowest BCUT2D eigenvalue weighted by Gasteiger charge is -2.46. The lowest BCUT2D eigenvalue weighted by molar-refractivity contribution is 0.631. The van der Waals surface area contributed by atoms with E-state index in [0.29, 0.717) is 0 Å². The minimum atomic E-state index is -0.323. The van der Waals surface area contributed by atoms with Gasteiger partial charge in [0, 0.05) is 50.7 Å². The highest BCUT2D eigenvalue weighted by Gasteiger charge is 2.42. The van der Waals surface area contributed by atoms with Gasteiger partial charge in [-0.25, -0.2) is 0 Å². The summed E-state index contributed by atoms with van der Waals surface area (Å²) in [4.78, 5) is 7.32. The Bertz CT molecular complexity index is 3820. The van der Waals surface area contributed by atoms with Crippen LogP contribution in [-0.4, -0.2) is 0 Å². The van der Waals surface area contributed by atoms with Gasteiger partial charge in [0.25, 0.3) is 0 Å². The summed E-state index contributed by atoms with van der Waals surface area (Å²) in [5.74, 6) is 0. The Labute approximate surface area is 410 Å². The van der Waals surface area contributed by atoms with E-state index >= 15 is 0 Å². The van der Waals surface area contributed by atoms with Gasteiger partial charge in [-0.1, -0.05) is 184 Å². The molecule has 0 atom stereocenters. The van der Waals surface area contributed by atoms with Crippen LogP contribution in [-0.2, 0) is 5.41 Å². The summed E-state index contributed by atoms with van der Waals surface area (Å²) in [6, 6.07) is 90.8. The minimum Gasteiger partial charge on any atom is -0.310 e. The third kappa shape index (κ3) is 6.81. The Balaban J connectivity index is 1.00. The molecule has 0 saturated heterocycles. The molecule has 0 fully saturated rings. The fourth-order valence-electron chi connectivity index (χ4n) is 11.0. The Hall–Kier alpha value is -8.92. The Kier molecular flexibility index (Phi) is 9.67. The normalized spacial score (nSPS) is 13.1. The second-order valence-electron chi connectivity index (χ2n) is 19.1. The fourth-order valence-corrected chi connectivity index (χ4v) is 11.0. The van der Waals surface area contributed by atoms with Crippen molar-refractivity contribution in [3.8, 4) is 22.3 Å². The first-order valence-electron chi connectivity index (χ1n) is 24.2. The largest absolute Gasteiger partial charge is 0.310 e. The predicted molar refractivity (Wildman–Crippen MR) is 297 cm³/mol. The van der Waals surface area contributed by atoms with Gasteiger partial charge in [-0.05, 0) is 145 Å². The van der Waals surface area contributed by atoms with E-state index in [0.717, 1.165) is 56.5 Å². The second kappa shape index (κ2) is 16.4. The highest BCUT2D eigenvalue weighted by Crippen LogP contribution is 2.60. The number of hydrogen-bond acceptors (Lipinski definition) is 3. The molecule has 2 aliphatic rings. The van der Waals surface area contributed by atoms with Gasteiger partial charge >= 0.3 is 0 Å². The Morgan fingerprint density at radius 3 is 1.33 bits per heavy atom. The van der Waals surface area contributed by atoms with E-state index in [1.807, 2.05) is 0 Å². The van der Waals surface area contributed by atoms with Crippen molar-refractivity contribution in [1.82, 2.24) is 0 Å². The first-order chi connectivity index (χ1) is 34.4. The molecule has 0 unspecified atom stereocenters. The van der Waals surface area contributed by atoms with Gasteiger partial charge in [0.05, 0.1) is 17.1 Å². The Morgan fingerprint density at radius 1 is 0.329 bits per heavy atom. The first kappa shape index (κ1) is 41.3. The molecule has 70 heavy (non-hydrogen) atoms. The molecule has 0 radical (unpaired) electrons. The van der Waals surface area contributed by atoms with Crippen molar-refractivity contribution in [3.63, 3.8) is 0 Å². The number of fused-ring (bicyclic) bond motifs is 6. The first-order valence-corrected chi connectivity index (χ1v) is 24.2. The molecule has 0 saturated carbocycles. The van der Waals surface area contributed by atoms with Crippen LogP contribution < -0.4 is 14.7 Å². The maximum Gasteiger partial charge on any atom is 0.0582 e. The van der Waals surface area contributed by atoms with E-state index in [1.165, 1.54) is 66.3 Å². The van der Waals surface area contributed by atoms with Gasteiger partial charge in [-0.2, -0.15) is 0 Å². The summed E-state index contributed by atoms with van der Waals surface area (Å²) >= 11 is 0. The van der Waals surface area contributed by atoms with Gasteiger partial charge in [0.1, 0.15) is 0 Å². The van der Waals surface area contributed by atoms with Crippen molar-refractivity contribution < 1.29 is 0 Å². The van der Waals surface area contributed by atoms with E-state index in [2.05, 4.69) is 277 Å². The minimum absolute atomic E-state index is 0.323. The van der Waals surface area contributed by atoms with Crippen molar-refractivity contribution >= 4 is 78.3 Å². The van der Waals surface area contributed by atoms with E-state index < -0.39 is 0 Å². The zero-order valence-corrected chi connectivity index (χ0v) is 39.2. The summed E-state index contributed by atoms with van der Waals surface area (Å²) in [5, 5.41) is 4.82. The van der Waals surface area contributed by atoms with Crippen LogP contribution in [0, 0.1) is 0 Å². The van der Waals surface area contributed by atoms with Crippen molar-refractivity contribution in [2.45, 2.75) is 19.3 Å². The summed E-state index contributed by atoms with van der Waals surface area (Å²) in [6.07, 6.45) is 0. The van der Waals surface area contributed by atoms with Crippen LogP contribution in [0.15, 0.2) is 255 Å². The average molecular weight is 896 g/mol. The van der Waals surface area contributed by atoms with Crippen LogP contribution in [0.3, 0.4) is 0 Å². The smallest absolute Gasteiger partial charge is 0.0582 e. The molecule has 0 aliphatic carbocycles. The van der Waals surface area contributed by atoms with Crippen molar-refractivity contribution in [3.05, 3.63) is 278 Å². The standard InChI is InChI=1S/C67H49N3/c1-45-60-42-58(68(56-36-30-48-20-10-12-22-52(48)40-56)54-32-26-50(27-33-54)46-16-6-4-7-17-46)38-39-64(60)70-65-25-15-14-24-62(65)67(2,3)63-44-59(43-61(45)66(63)70)69(57-37-31-49-21-11-13-23-53(49)41-57)55-34-28-51(29-35-55)47-18-8-5-9-19-47/h4-44H,1H2,2-3H3. The lowest BCUT2D eigenvalue weighted by atomic mass is 9.70. The number of nitrogens with zero attached hydrogens (tertiary/aromatic N) is 3. The maximum atomic E-state index is 5.03. The molecule has 332 valence electrons. The SMILES string of the molecule is C=C1c2cc(N(c3ccc(-c4ccccc4)cc3)c3ccc4ccccc4c3)ccc2N2c3ccccc3C(C)(C)c3cc(N(c4ccc(-c5ccccc5)cc4)c4ccc5ccccc5c4)cc1c32. The number of para-hydroxylation sites is 1. The van der Waals surface area contributed by atoms with Crippen LogP contribution in [0.2, 0.25) is 0 Å². The molecule has 13 rings (SSSR count). The maximum absolute atomic E-state index is 5.03. The molecule has 3 heteroatoms. The quantitative estimate of drug-likeness (QED) is 0.150. The molecule has 0 amide bonds. The second-order valence-corrected chi connectivity index (χ2v) is 19.1. The molecule has 0 spiro atoms. The van der Waals surface area contributed by atoms with E-state index in [4.69, 9.17) is 6.58 Å². The van der Waals surface area contributed by atoms with Crippen molar-refractivity contribution in [1.29, 1.82) is 0 Å². The zero-order chi connectivity index (χ0) is 46.9. The number of anilines is 9.